The van der Waals surface area contributed by atoms with E-state index in [1.807, 2.05) is 13.8 Å². The second-order valence-electron chi connectivity index (χ2n) is 4.81. The number of nitrogens with zero attached hydrogens (tertiary/aromatic N) is 1. The molecule has 1 heterocycles. The Morgan fingerprint density at radius 1 is 1.33 bits per heavy atom. The number of fused-ring (bicyclic) bond motifs is 5. The Hall–Kier alpha value is -0.790. The molecule has 4 atom stereocenters. The zero-order valence-corrected chi connectivity index (χ0v) is 10.2. The summed E-state index contributed by atoms with van der Waals surface area (Å²) in [6.07, 6.45) is 4.96. The lowest BCUT2D eigenvalue weighted by molar-refractivity contribution is 0.356. The van der Waals surface area contributed by atoms with Crippen molar-refractivity contribution in [1.82, 2.24) is 5.43 Å². The molecule has 0 amide bonds. The number of hydrazone groups is 1. The molecule has 0 saturated heterocycles. The number of hydrogen-bond acceptors (Lipinski definition) is 2. The van der Waals surface area contributed by atoms with Crippen LogP contribution in [-0.2, 0) is 0 Å². The normalized spacial score (nSPS) is 40.8. The van der Waals surface area contributed by atoms with Crippen molar-refractivity contribution in [1.29, 1.82) is 0 Å². The quantitative estimate of drug-likeness (QED) is 0.647. The Morgan fingerprint density at radius 3 is 2.80 bits per heavy atom. The topological polar surface area (TPSA) is 24.4 Å². The van der Waals surface area contributed by atoms with Crippen molar-refractivity contribution >= 4 is 5.71 Å². The molecule has 0 aromatic heterocycles. The largest absolute Gasteiger partial charge is 0.286 e. The van der Waals surface area contributed by atoms with Gasteiger partial charge in [-0.15, -0.1) is 0 Å². The summed E-state index contributed by atoms with van der Waals surface area (Å²) in [5.74, 6) is 3.36. The van der Waals surface area contributed by atoms with Gasteiger partial charge in [0.15, 0.2) is 0 Å². The first-order chi connectivity index (χ1) is 7.27. The Labute approximate surface area is 92.8 Å². The van der Waals surface area contributed by atoms with Crippen LogP contribution in [0.5, 0.6) is 0 Å². The van der Waals surface area contributed by atoms with Gasteiger partial charge in [-0.2, -0.15) is 5.10 Å². The van der Waals surface area contributed by atoms with E-state index in [-0.39, 0.29) is 0 Å². The molecule has 2 bridgehead atoms. The van der Waals surface area contributed by atoms with Crippen LogP contribution in [0.15, 0.2) is 16.9 Å². The summed E-state index contributed by atoms with van der Waals surface area (Å²) in [5, 5.41) is 4.32. The molecular formula is C13H22N2. The van der Waals surface area contributed by atoms with E-state index in [0.29, 0.717) is 5.92 Å². The van der Waals surface area contributed by atoms with E-state index in [1.54, 1.807) is 5.57 Å². The van der Waals surface area contributed by atoms with Crippen molar-refractivity contribution in [3.8, 4) is 0 Å². The summed E-state index contributed by atoms with van der Waals surface area (Å²) < 4.78 is 0. The first kappa shape index (κ1) is 10.7. The van der Waals surface area contributed by atoms with E-state index in [4.69, 9.17) is 0 Å². The van der Waals surface area contributed by atoms with Crippen LogP contribution < -0.4 is 5.43 Å². The van der Waals surface area contributed by atoms with Crippen LogP contribution in [0.4, 0.5) is 0 Å². The van der Waals surface area contributed by atoms with E-state index in [2.05, 4.69) is 30.6 Å². The summed E-state index contributed by atoms with van der Waals surface area (Å²) in [5.41, 5.74) is 5.97. The summed E-state index contributed by atoms with van der Waals surface area (Å²) in [6, 6.07) is 0. The molecule has 4 unspecified atom stereocenters. The van der Waals surface area contributed by atoms with E-state index >= 15 is 0 Å². The fourth-order valence-corrected chi connectivity index (χ4v) is 3.56. The van der Waals surface area contributed by atoms with Gasteiger partial charge in [-0.05, 0) is 43.1 Å². The van der Waals surface area contributed by atoms with Gasteiger partial charge in [-0.3, -0.25) is 5.43 Å². The van der Waals surface area contributed by atoms with E-state index in [1.165, 1.54) is 18.6 Å². The monoisotopic (exact) mass is 206 g/mol. The maximum absolute atomic E-state index is 4.32. The second kappa shape index (κ2) is 3.99. The molecule has 1 aliphatic heterocycles. The van der Waals surface area contributed by atoms with E-state index in [0.717, 1.165) is 17.8 Å². The molecule has 3 aliphatic rings. The van der Waals surface area contributed by atoms with Crippen LogP contribution in [-0.4, -0.2) is 5.71 Å². The average Bonchev–Trinajstić information content (AvgIpc) is 2.79. The zero-order valence-electron chi connectivity index (χ0n) is 10.2. The molecule has 0 aromatic rings. The zero-order chi connectivity index (χ0) is 11.0. The minimum atomic E-state index is 0.690. The lowest BCUT2D eigenvalue weighted by atomic mass is 9.76. The van der Waals surface area contributed by atoms with Gasteiger partial charge in [-0.1, -0.05) is 20.8 Å². The minimum Gasteiger partial charge on any atom is -0.286 e. The van der Waals surface area contributed by atoms with Gasteiger partial charge >= 0.3 is 0 Å². The predicted molar refractivity (Wildman–Crippen MR) is 64.5 cm³/mol. The van der Waals surface area contributed by atoms with Crippen LogP contribution in [0.2, 0.25) is 0 Å². The summed E-state index contributed by atoms with van der Waals surface area (Å²) in [6.45, 7) is 8.56. The number of allylic oxidation sites excluding steroid dienone is 1. The smallest absolute Gasteiger partial charge is 0.0426 e. The molecule has 84 valence electrons. The van der Waals surface area contributed by atoms with Crippen LogP contribution in [0, 0.1) is 23.7 Å². The fourth-order valence-electron chi connectivity index (χ4n) is 3.56. The maximum atomic E-state index is 4.32. The lowest BCUT2D eigenvalue weighted by Crippen LogP contribution is -2.30. The first-order valence-corrected chi connectivity index (χ1v) is 6.27. The molecule has 0 radical (unpaired) electrons. The lowest BCUT2D eigenvalue weighted by Gasteiger charge is -2.31. The van der Waals surface area contributed by atoms with Crippen LogP contribution in [0.1, 0.15) is 40.5 Å². The van der Waals surface area contributed by atoms with Crippen LogP contribution in [0.3, 0.4) is 0 Å². The Bertz CT molecular complexity index is 304. The molecule has 2 nitrogen and oxygen atoms in total. The third-order valence-electron chi connectivity index (χ3n) is 4.12. The van der Waals surface area contributed by atoms with Gasteiger partial charge < -0.3 is 0 Å². The Balaban J connectivity index is 0.000000404. The number of nitrogens with one attached hydrogen (secondary N) is 1. The standard InChI is InChI=1S/C11H16N2.C2H6/c1-6-3-8-4-9(6)11-7(2)13-12-5-10(8)11;1-2/h5-6,8-9,11-12H,3-4H2,1-2H3;1-2H3. The molecule has 0 spiro atoms. The van der Waals surface area contributed by atoms with Gasteiger partial charge in [0.05, 0.1) is 0 Å². The molecule has 2 heteroatoms. The van der Waals surface area contributed by atoms with Crippen molar-refractivity contribution in [2.45, 2.75) is 40.5 Å². The molecule has 0 aromatic carbocycles. The first-order valence-electron chi connectivity index (χ1n) is 6.27. The van der Waals surface area contributed by atoms with Crippen molar-refractivity contribution in [2.75, 3.05) is 0 Å². The Kier molecular flexibility index (Phi) is 2.85. The highest BCUT2D eigenvalue weighted by atomic mass is 15.3. The van der Waals surface area contributed by atoms with Crippen LogP contribution >= 0.6 is 0 Å². The van der Waals surface area contributed by atoms with Gasteiger partial charge in [-0.25, -0.2) is 0 Å². The summed E-state index contributed by atoms with van der Waals surface area (Å²) in [4.78, 5) is 0. The maximum Gasteiger partial charge on any atom is 0.0426 e. The van der Waals surface area contributed by atoms with Crippen molar-refractivity contribution in [2.24, 2.45) is 28.8 Å². The molecule has 3 rings (SSSR count). The van der Waals surface area contributed by atoms with Gasteiger partial charge in [0.2, 0.25) is 0 Å². The van der Waals surface area contributed by atoms with Crippen molar-refractivity contribution < 1.29 is 0 Å². The fraction of sp³-hybridized carbons (Fsp3) is 0.769. The molecule has 2 aliphatic carbocycles. The molecule has 2 saturated carbocycles. The van der Waals surface area contributed by atoms with Gasteiger partial charge in [0.1, 0.15) is 0 Å². The molecule has 2 fully saturated rings. The van der Waals surface area contributed by atoms with E-state index in [9.17, 15) is 0 Å². The predicted octanol–water partition coefficient (Wildman–Crippen LogP) is 3.17. The number of hydrogen-bond donors (Lipinski definition) is 1. The van der Waals surface area contributed by atoms with Crippen LogP contribution in [0.25, 0.3) is 0 Å². The third-order valence-corrected chi connectivity index (χ3v) is 4.12. The highest BCUT2D eigenvalue weighted by Crippen LogP contribution is 2.55. The molecule has 15 heavy (non-hydrogen) atoms. The Morgan fingerprint density at radius 2 is 2.07 bits per heavy atom. The van der Waals surface area contributed by atoms with E-state index < -0.39 is 0 Å². The van der Waals surface area contributed by atoms with Crippen molar-refractivity contribution in [3.63, 3.8) is 0 Å². The average molecular weight is 206 g/mol. The highest BCUT2D eigenvalue weighted by Gasteiger charge is 2.49. The molecular weight excluding hydrogens is 184 g/mol. The summed E-state index contributed by atoms with van der Waals surface area (Å²) >= 11 is 0. The number of rotatable bonds is 0. The molecule has 1 N–H and O–H groups in total. The van der Waals surface area contributed by atoms with Gasteiger partial charge in [0.25, 0.3) is 0 Å². The van der Waals surface area contributed by atoms with Crippen molar-refractivity contribution in [3.05, 3.63) is 11.8 Å². The SMILES string of the molecule is CC.CC1=NNC=C2C3CC(C)C(C3)C21. The van der Waals surface area contributed by atoms with Gasteiger partial charge in [0, 0.05) is 17.8 Å². The summed E-state index contributed by atoms with van der Waals surface area (Å²) in [7, 11) is 0. The highest BCUT2D eigenvalue weighted by molar-refractivity contribution is 5.88. The second-order valence-corrected chi connectivity index (χ2v) is 4.81. The third kappa shape index (κ3) is 1.51. The minimum absolute atomic E-state index is 0.690.